The lowest BCUT2D eigenvalue weighted by molar-refractivity contribution is -0.119. The molecule has 6 heteroatoms. The van der Waals surface area contributed by atoms with Gasteiger partial charge in [0, 0.05) is 12.3 Å². The SMILES string of the molecule is NC(=O)CC1CCCC/C=C/C1OC(=O)OI. The fourth-order valence-electron chi connectivity index (χ4n) is 1.96. The topological polar surface area (TPSA) is 78.6 Å². The number of rotatable bonds is 3. The van der Waals surface area contributed by atoms with Crippen LogP contribution >= 0.6 is 23.0 Å². The maximum absolute atomic E-state index is 11.1. The van der Waals surface area contributed by atoms with E-state index in [1.54, 1.807) is 0 Å². The van der Waals surface area contributed by atoms with Gasteiger partial charge >= 0.3 is 6.16 Å². The normalized spacial score (nSPS) is 26.4. The van der Waals surface area contributed by atoms with Crippen molar-refractivity contribution in [2.45, 2.75) is 38.2 Å². The van der Waals surface area contributed by atoms with E-state index in [4.69, 9.17) is 10.5 Å². The van der Waals surface area contributed by atoms with Gasteiger partial charge in [-0.15, -0.1) is 0 Å². The molecule has 2 N–H and O–H groups in total. The molecule has 0 saturated carbocycles. The molecule has 2 atom stereocenters. The highest BCUT2D eigenvalue weighted by molar-refractivity contribution is 14.1. The van der Waals surface area contributed by atoms with E-state index in [2.05, 4.69) is 3.07 Å². The maximum Gasteiger partial charge on any atom is 0.518 e. The maximum atomic E-state index is 11.1. The van der Waals surface area contributed by atoms with Crippen molar-refractivity contribution in [3.8, 4) is 0 Å². The van der Waals surface area contributed by atoms with Crippen molar-refractivity contribution in [2.75, 3.05) is 0 Å². The van der Waals surface area contributed by atoms with E-state index in [0.717, 1.165) is 25.7 Å². The molecule has 0 radical (unpaired) electrons. The highest BCUT2D eigenvalue weighted by atomic mass is 127. The standard InChI is InChI=1S/C11H16INO4/c12-17-11(15)16-9-6-4-2-1-3-5-8(9)7-10(13)14/h4,6,8-9H,1-3,5,7H2,(H2,13,14)/b6-4+. The Hall–Kier alpha value is -0.790. The van der Waals surface area contributed by atoms with Gasteiger partial charge in [0.25, 0.3) is 0 Å². The lowest BCUT2D eigenvalue weighted by Crippen LogP contribution is -2.29. The van der Waals surface area contributed by atoms with E-state index in [1.807, 2.05) is 12.2 Å². The number of carbonyl (C=O) groups excluding carboxylic acids is 2. The molecular formula is C11H16INO4. The monoisotopic (exact) mass is 353 g/mol. The Labute approximate surface area is 114 Å². The summed E-state index contributed by atoms with van der Waals surface area (Å²) in [6.45, 7) is 0. The van der Waals surface area contributed by atoms with E-state index >= 15 is 0 Å². The van der Waals surface area contributed by atoms with Crippen LogP contribution in [0.25, 0.3) is 0 Å². The van der Waals surface area contributed by atoms with Crippen LogP contribution in [0.1, 0.15) is 32.1 Å². The molecule has 0 aliphatic heterocycles. The third-order valence-electron chi connectivity index (χ3n) is 2.74. The van der Waals surface area contributed by atoms with Gasteiger partial charge in [0.1, 0.15) is 6.10 Å². The molecule has 0 bridgehead atoms. The third kappa shape index (κ3) is 5.38. The number of ether oxygens (including phenoxy) is 1. The minimum atomic E-state index is -0.740. The summed E-state index contributed by atoms with van der Waals surface area (Å²) in [5, 5.41) is 0. The number of carbonyl (C=O) groups is 2. The van der Waals surface area contributed by atoms with Crippen LogP contribution in [0, 0.1) is 5.92 Å². The molecule has 1 aliphatic rings. The smallest absolute Gasteiger partial charge is 0.426 e. The second-order valence-corrected chi connectivity index (χ2v) is 4.49. The molecule has 2 unspecified atom stereocenters. The predicted octanol–water partition coefficient (Wildman–Crippen LogP) is 2.48. The van der Waals surface area contributed by atoms with Crippen LogP contribution in [0.15, 0.2) is 12.2 Å². The summed E-state index contributed by atoms with van der Waals surface area (Å²) in [4.78, 5) is 22.1. The zero-order valence-corrected chi connectivity index (χ0v) is 11.6. The third-order valence-corrected chi connectivity index (χ3v) is 3.10. The highest BCUT2D eigenvalue weighted by Crippen LogP contribution is 2.24. The number of primary amides is 1. The van der Waals surface area contributed by atoms with Gasteiger partial charge in [0.2, 0.25) is 5.91 Å². The zero-order valence-electron chi connectivity index (χ0n) is 9.43. The van der Waals surface area contributed by atoms with E-state index < -0.39 is 12.3 Å². The van der Waals surface area contributed by atoms with Crippen molar-refractivity contribution in [3.63, 3.8) is 0 Å². The summed E-state index contributed by atoms with van der Waals surface area (Å²) in [6, 6.07) is 0. The molecule has 1 aliphatic carbocycles. The van der Waals surface area contributed by atoms with Crippen LogP contribution in [0.3, 0.4) is 0 Å². The molecule has 5 nitrogen and oxygen atoms in total. The van der Waals surface area contributed by atoms with Gasteiger partial charge in [-0.2, -0.15) is 0 Å². The Morgan fingerprint density at radius 2 is 2.18 bits per heavy atom. The van der Waals surface area contributed by atoms with Crippen LogP contribution in [0.4, 0.5) is 4.79 Å². The van der Waals surface area contributed by atoms with Gasteiger partial charge in [-0.25, -0.2) is 4.79 Å². The van der Waals surface area contributed by atoms with Crippen LogP contribution < -0.4 is 5.73 Å². The summed E-state index contributed by atoms with van der Waals surface area (Å²) in [6.07, 6.45) is 6.72. The number of hydrogen-bond acceptors (Lipinski definition) is 4. The summed E-state index contributed by atoms with van der Waals surface area (Å²) in [5.74, 6) is -0.431. The van der Waals surface area contributed by atoms with Crippen molar-refractivity contribution < 1.29 is 17.4 Å². The molecule has 1 amide bonds. The Morgan fingerprint density at radius 1 is 1.41 bits per heavy atom. The molecule has 0 saturated heterocycles. The van der Waals surface area contributed by atoms with Crippen molar-refractivity contribution in [3.05, 3.63) is 12.2 Å². The average molecular weight is 353 g/mol. The van der Waals surface area contributed by atoms with Gasteiger partial charge in [-0.3, -0.25) is 4.79 Å². The number of allylic oxidation sites excluding steroid dienone is 1. The first-order chi connectivity index (χ1) is 8.13. The van der Waals surface area contributed by atoms with Gasteiger partial charge in [0.05, 0.1) is 0 Å². The van der Waals surface area contributed by atoms with Crippen molar-refractivity contribution in [2.24, 2.45) is 11.7 Å². The van der Waals surface area contributed by atoms with E-state index in [9.17, 15) is 9.59 Å². The number of nitrogens with two attached hydrogens (primary N) is 1. The van der Waals surface area contributed by atoms with Gasteiger partial charge in [-0.1, -0.05) is 12.5 Å². The Kier molecular flexibility index (Phi) is 6.31. The molecule has 0 aromatic heterocycles. The molecule has 0 heterocycles. The fraction of sp³-hybridized carbons (Fsp3) is 0.636. The summed E-state index contributed by atoms with van der Waals surface area (Å²) < 4.78 is 9.56. The number of amides is 1. The van der Waals surface area contributed by atoms with Crippen molar-refractivity contribution in [1.82, 2.24) is 0 Å². The Morgan fingerprint density at radius 3 is 2.82 bits per heavy atom. The summed E-state index contributed by atoms with van der Waals surface area (Å²) in [5.41, 5.74) is 5.20. The number of halogens is 1. The van der Waals surface area contributed by atoms with E-state index in [0.29, 0.717) is 0 Å². The van der Waals surface area contributed by atoms with Crippen LogP contribution in [0.2, 0.25) is 0 Å². The van der Waals surface area contributed by atoms with Crippen LogP contribution in [0.5, 0.6) is 0 Å². The van der Waals surface area contributed by atoms with Gasteiger partial charge in [0.15, 0.2) is 23.0 Å². The summed E-state index contributed by atoms with van der Waals surface area (Å²) in [7, 11) is 0. The second kappa shape index (κ2) is 7.52. The molecule has 17 heavy (non-hydrogen) atoms. The van der Waals surface area contributed by atoms with Gasteiger partial charge in [-0.05, 0) is 25.3 Å². The zero-order chi connectivity index (χ0) is 12.7. The van der Waals surface area contributed by atoms with Crippen molar-refractivity contribution in [1.29, 1.82) is 0 Å². The first-order valence-electron chi connectivity index (χ1n) is 5.57. The molecule has 96 valence electrons. The first-order valence-corrected chi connectivity index (χ1v) is 6.45. The lowest BCUT2D eigenvalue weighted by Gasteiger charge is -2.24. The molecule has 0 spiro atoms. The lowest BCUT2D eigenvalue weighted by atomic mass is 9.89. The minimum absolute atomic E-state index is 0.0560. The molecule has 0 aromatic rings. The molecular weight excluding hydrogens is 337 g/mol. The van der Waals surface area contributed by atoms with E-state index in [1.165, 1.54) is 23.0 Å². The van der Waals surface area contributed by atoms with Crippen molar-refractivity contribution >= 4 is 35.1 Å². The molecule has 0 aromatic carbocycles. The number of hydrogen-bond donors (Lipinski definition) is 1. The highest BCUT2D eigenvalue weighted by Gasteiger charge is 2.25. The fourth-order valence-corrected chi connectivity index (χ4v) is 2.07. The molecule has 1 rings (SSSR count). The van der Waals surface area contributed by atoms with Gasteiger partial charge < -0.3 is 13.5 Å². The quantitative estimate of drug-likeness (QED) is 0.480. The Bertz CT molecular complexity index is 306. The summed E-state index contributed by atoms with van der Waals surface area (Å²) >= 11 is 1.47. The average Bonchev–Trinajstić information content (AvgIpc) is 2.26. The van der Waals surface area contributed by atoms with Crippen LogP contribution in [-0.4, -0.2) is 18.2 Å². The second-order valence-electron chi connectivity index (χ2n) is 4.05. The Balaban J connectivity index is 2.69. The van der Waals surface area contributed by atoms with E-state index in [-0.39, 0.29) is 18.2 Å². The minimum Gasteiger partial charge on any atom is -0.426 e. The first kappa shape index (κ1) is 14.3. The predicted molar refractivity (Wildman–Crippen MR) is 70.3 cm³/mol. The van der Waals surface area contributed by atoms with Crippen LogP contribution in [-0.2, 0) is 12.6 Å². The molecule has 0 fully saturated rings. The largest absolute Gasteiger partial charge is 0.518 e.